The molecular formula is C20H25NO3. The van der Waals surface area contributed by atoms with E-state index < -0.39 is 0 Å². The van der Waals surface area contributed by atoms with Crippen LogP contribution in [0, 0.1) is 13.8 Å². The van der Waals surface area contributed by atoms with Gasteiger partial charge in [-0.1, -0.05) is 29.8 Å². The topological polar surface area (TPSA) is 47.6 Å². The maximum absolute atomic E-state index is 12.0. The molecule has 0 radical (unpaired) electrons. The molecule has 24 heavy (non-hydrogen) atoms. The van der Waals surface area contributed by atoms with E-state index in [0.717, 1.165) is 17.0 Å². The average Bonchev–Trinajstić information content (AvgIpc) is 2.56. The van der Waals surface area contributed by atoms with Gasteiger partial charge in [0.1, 0.15) is 0 Å². The van der Waals surface area contributed by atoms with E-state index in [1.807, 2.05) is 57.2 Å². The first-order valence-corrected chi connectivity index (χ1v) is 8.32. The van der Waals surface area contributed by atoms with Crippen LogP contribution in [0.4, 0.5) is 5.69 Å². The van der Waals surface area contributed by atoms with Crippen LogP contribution in [0.1, 0.15) is 30.9 Å². The van der Waals surface area contributed by atoms with Crippen molar-refractivity contribution < 1.29 is 14.3 Å². The summed E-state index contributed by atoms with van der Waals surface area (Å²) in [4.78, 5) is 12.0. The number of carbonyl (C=O) groups is 1. The standard InChI is InChI=1S/C20H25NO3/c1-4-23-18-8-5-6-9-19(18)24-13-7-10-20(22)21-17-12-11-15(2)14-16(17)3/h5-6,8-9,11-12,14H,4,7,10,13H2,1-3H3,(H,21,22). The molecule has 1 amide bonds. The number of carbonyl (C=O) groups excluding carboxylic acids is 1. The van der Waals surface area contributed by atoms with Crippen LogP contribution >= 0.6 is 0 Å². The minimum atomic E-state index is 0.00338. The minimum absolute atomic E-state index is 0.00338. The van der Waals surface area contributed by atoms with Crippen molar-refractivity contribution in [1.82, 2.24) is 0 Å². The molecule has 0 heterocycles. The molecule has 0 bridgehead atoms. The van der Waals surface area contributed by atoms with Crippen molar-refractivity contribution in [3.8, 4) is 11.5 Å². The Morgan fingerprint density at radius 1 is 1.04 bits per heavy atom. The van der Waals surface area contributed by atoms with Gasteiger partial charge in [-0.2, -0.15) is 0 Å². The predicted octanol–water partition coefficient (Wildman–Crippen LogP) is 4.50. The Bertz CT molecular complexity index is 682. The van der Waals surface area contributed by atoms with Crippen molar-refractivity contribution in [3.63, 3.8) is 0 Å². The lowest BCUT2D eigenvalue weighted by Crippen LogP contribution is -2.13. The Morgan fingerprint density at radius 2 is 1.75 bits per heavy atom. The van der Waals surface area contributed by atoms with E-state index in [2.05, 4.69) is 11.4 Å². The van der Waals surface area contributed by atoms with E-state index >= 15 is 0 Å². The van der Waals surface area contributed by atoms with Gasteiger partial charge in [0.25, 0.3) is 0 Å². The summed E-state index contributed by atoms with van der Waals surface area (Å²) in [6, 6.07) is 13.6. The number of hydrogen-bond donors (Lipinski definition) is 1. The second kappa shape index (κ2) is 8.96. The molecule has 0 fully saturated rings. The molecule has 0 aliphatic carbocycles. The first kappa shape index (κ1) is 17.9. The molecule has 2 aromatic carbocycles. The maximum Gasteiger partial charge on any atom is 0.224 e. The Labute approximate surface area is 143 Å². The Balaban J connectivity index is 1.77. The lowest BCUT2D eigenvalue weighted by atomic mass is 10.1. The van der Waals surface area contributed by atoms with E-state index in [4.69, 9.17) is 9.47 Å². The Hall–Kier alpha value is -2.49. The second-order valence-electron chi connectivity index (χ2n) is 5.70. The Morgan fingerprint density at radius 3 is 2.42 bits per heavy atom. The van der Waals surface area contributed by atoms with Crippen LogP contribution in [0.25, 0.3) is 0 Å². The average molecular weight is 327 g/mol. The summed E-state index contributed by atoms with van der Waals surface area (Å²) >= 11 is 0. The van der Waals surface area contributed by atoms with Gasteiger partial charge in [-0.25, -0.2) is 0 Å². The van der Waals surface area contributed by atoms with Crippen molar-refractivity contribution >= 4 is 11.6 Å². The first-order chi connectivity index (χ1) is 11.6. The largest absolute Gasteiger partial charge is 0.490 e. The molecule has 0 saturated carbocycles. The van der Waals surface area contributed by atoms with Gasteiger partial charge in [0.15, 0.2) is 11.5 Å². The van der Waals surface area contributed by atoms with Crippen LogP contribution in [-0.4, -0.2) is 19.1 Å². The van der Waals surface area contributed by atoms with Crippen molar-refractivity contribution in [2.75, 3.05) is 18.5 Å². The van der Waals surface area contributed by atoms with E-state index in [0.29, 0.717) is 31.8 Å². The SMILES string of the molecule is CCOc1ccccc1OCCCC(=O)Nc1ccc(C)cc1C. The zero-order valence-electron chi connectivity index (χ0n) is 14.6. The van der Waals surface area contributed by atoms with E-state index in [1.54, 1.807) is 0 Å². The van der Waals surface area contributed by atoms with Gasteiger partial charge in [0, 0.05) is 12.1 Å². The van der Waals surface area contributed by atoms with Crippen LogP contribution in [0.15, 0.2) is 42.5 Å². The fourth-order valence-electron chi connectivity index (χ4n) is 2.43. The highest BCUT2D eigenvalue weighted by Gasteiger charge is 2.07. The highest BCUT2D eigenvalue weighted by molar-refractivity contribution is 5.91. The third kappa shape index (κ3) is 5.30. The van der Waals surface area contributed by atoms with E-state index in [1.165, 1.54) is 5.56 Å². The summed E-state index contributed by atoms with van der Waals surface area (Å²) in [6.45, 7) is 7.05. The molecule has 128 valence electrons. The highest BCUT2D eigenvalue weighted by Crippen LogP contribution is 2.26. The van der Waals surface area contributed by atoms with E-state index in [-0.39, 0.29) is 5.91 Å². The fraction of sp³-hybridized carbons (Fsp3) is 0.350. The number of para-hydroxylation sites is 2. The smallest absolute Gasteiger partial charge is 0.224 e. The maximum atomic E-state index is 12.0. The number of benzene rings is 2. The number of amides is 1. The van der Waals surface area contributed by atoms with Crippen LogP contribution < -0.4 is 14.8 Å². The van der Waals surface area contributed by atoms with Gasteiger partial charge in [-0.05, 0) is 51.0 Å². The summed E-state index contributed by atoms with van der Waals surface area (Å²) in [5.41, 5.74) is 3.13. The third-order valence-corrected chi connectivity index (χ3v) is 3.61. The van der Waals surface area contributed by atoms with Crippen molar-refractivity contribution in [2.45, 2.75) is 33.6 Å². The van der Waals surface area contributed by atoms with Gasteiger partial charge in [0.2, 0.25) is 5.91 Å². The van der Waals surface area contributed by atoms with Crippen molar-refractivity contribution in [3.05, 3.63) is 53.6 Å². The summed E-state index contributed by atoms with van der Waals surface area (Å²) in [6.07, 6.45) is 1.07. The molecule has 0 aromatic heterocycles. The monoisotopic (exact) mass is 327 g/mol. The van der Waals surface area contributed by atoms with E-state index in [9.17, 15) is 4.79 Å². The van der Waals surface area contributed by atoms with Crippen LogP contribution in [-0.2, 0) is 4.79 Å². The molecule has 4 heteroatoms. The number of hydrogen-bond acceptors (Lipinski definition) is 3. The molecule has 0 saturated heterocycles. The molecule has 2 rings (SSSR count). The van der Waals surface area contributed by atoms with Crippen LogP contribution in [0.2, 0.25) is 0 Å². The van der Waals surface area contributed by atoms with Crippen LogP contribution in [0.3, 0.4) is 0 Å². The number of nitrogens with one attached hydrogen (secondary N) is 1. The minimum Gasteiger partial charge on any atom is -0.490 e. The molecule has 0 unspecified atom stereocenters. The van der Waals surface area contributed by atoms with Gasteiger partial charge < -0.3 is 14.8 Å². The lowest BCUT2D eigenvalue weighted by molar-refractivity contribution is -0.116. The molecule has 2 aromatic rings. The van der Waals surface area contributed by atoms with Gasteiger partial charge in [-0.3, -0.25) is 4.79 Å². The van der Waals surface area contributed by atoms with Gasteiger partial charge in [-0.15, -0.1) is 0 Å². The number of anilines is 1. The van der Waals surface area contributed by atoms with Gasteiger partial charge >= 0.3 is 0 Å². The highest BCUT2D eigenvalue weighted by atomic mass is 16.5. The summed E-state index contributed by atoms with van der Waals surface area (Å²) in [5.74, 6) is 1.46. The molecule has 0 spiro atoms. The van der Waals surface area contributed by atoms with Crippen molar-refractivity contribution in [2.24, 2.45) is 0 Å². The third-order valence-electron chi connectivity index (χ3n) is 3.61. The molecule has 0 aliphatic rings. The second-order valence-corrected chi connectivity index (χ2v) is 5.70. The van der Waals surface area contributed by atoms with Crippen LogP contribution in [0.5, 0.6) is 11.5 Å². The summed E-state index contributed by atoms with van der Waals surface area (Å²) in [7, 11) is 0. The normalized spacial score (nSPS) is 10.3. The summed E-state index contributed by atoms with van der Waals surface area (Å²) < 4.78 is 11.2. The quantitative estimate of drug-likeness (QED) is 0.726. The Kier molecular flexibility index (Phi) is 6.67. The fourth-order valence-corrected chi connectivity index (χ4v) is 2.43. The number of rotatable bonds is 8. The number of aryl methyl sites for hydroxylation is 2. The zero-order chi connectivity index (χ0) is 17.4. The molecule has 1 N–H and O–H groups in total. The lowest BCUT2D eigenvalue weighted by Gasteiger charge is -2.12. The summed E-state index contributed by atoms with van der Waals surface area (Å²) in [5, 5.41) is 2.95. The molecule has 0 aliphatic heterocycles. The first-order valence-electron chi connectivity index (χ1n) is 8.32. The van der Waals surface area contributed by atoms with Gasteiger partial charge in [0.05, 0.1) is 13.2 Å². The number of ether oxygens (including phenoxy) is 2. The zero-order valence-corrected chi connectivity index (χ0v) is 14.6. The molecular weight excluding hydrogens is 302 g/mol. The predicted molar refractivity (Wildman–Crippen MR) is 96.9 cm³/mol. The van der Waals surface area contributed by atoms with Crippen molar-refractivity contribution in [1.29, 1.82) is 0 Å². The molecule has 4 nitrogen and oxygen atoms in total. The molecule has 0 atom stereocenters.